The number of carbonyl (C=O) groups is 1. The van der Waals surface area contributed by atoms with Crippen LogP contribution in [-0.4, -0.2) is 40.0 Å². The summed E-state index contributed by atoms with van der Waals surface area (Å²) < 4.78 is 14.2. The molecule has 1 aliphatic heterocycles. The standard InChI is InChI=1S/C17H16FN5OS/c18-11-1-2-13-15(9-11)25-17(22-13)23-7-4-12(5-8-23)21-16(24)14-3-6-19-10-20-14/h1-3,6,9-10,12H,4-5,7-8H2,(H,21,24). The van der Waals surface area contributed by atoms with Crippen LogP contribution in [-0.2, 0) is 0 Å². The molecular formula is C17H16FN5OS. The van der Waals surface area contributed by atoms with Crippen LogP contribution in [0.3, 0.4) is 0 Å². The van der Waals surface area contributed by atoms with E-state index in [2.05, 4.69) is 25.2 Å². The van der Waals surface area contributed by atoms with Gasteiger partial charge in [-0.2, -0.15) is 0 Å². The Labute approximate surface area is 147 Å². The van der Waals surface area contributed by atoms with Crippen molar-refractivity contribution in [2.75, 3.05) is 18.0 Å². The van der Waals surface area contributed by atoms with Gasteiger partial charge in [-0.05, 0) is 37.1 Å². The van der Waals surface area contributed by atoms with Crippen molar-refractivity contribution in [3.05, 3.63) is 48.3 Å². The van der Waals surface area contributed by atoms with E-state index in [-0.39, 0.29) is 17.8 Å². The van der Waals surface area contributed by atoms with Crippen molar-refractivity contribution in [3.63, 3.8) is 0 Å². The second kappa shape index (κ2) is 6.72. The molecular weight excluding hydrogens is 341 g/mol. The van der Waals surface area contributed by atoms with Crippen molar-refractivity contribution in [1.82, 2.24) is 20.3 Å². The maximum atomic E-state index is 13.3. The molecule has 3 aromatic rings. The average Bonchev–Trinajstić information content (AvgIpc) is 3.06. The van der Waals surface area contributed by atoms with Crippen molar-refractivity contribution in [3.8, 4) is 0 Å². The number of fused-ring (bicyclic) bond motifs is 1. The Morgan fingerprint density at radius 2 is 2.12 bits per heavy atom. The number of amides is 1. The van der Waals surface area contributed by atoms with Gasteiger partial charge in [0.25, 0.3) is 5.91 Å². The van der Waals surface area contributed by atoms with Crippen molar-refractivity contribution >= 4 is 32.6 Å². The van der Waals surface area contributed by atoms with Crippen LogP contribution in [0.4, 0.5) is 9.52 Å². The van der Waals surface area contributed by atoms with Gasteiger partial charge in [-0.25, -0.2) is 19.3 Å². The molecule has 1 aliphatic rings. The number of hydrogen-bond acceptors (Lipinski definition) is 6. The largest absolute Gasteiger partial charge is 0.348 e. The summed E-state index contributed by atoms with van der Waals surface area (Å²) in [4.78, 5) is 26.7. The minimum atomic E-state index is -0.242. The number of nitrogens with zero attached hydrogens (tertiary/aromatic N) is 4. The zero-order chi connectivity index (χ0) is 17.2. The van der Waals surface area contributed by atoms with Crippen LogP contribution in [0.25, 0.3) is 10.2 Å². The zero-order valence-electron chi connectivity index (χ0n) is 13.4. The summed E-state index contributed by atoms with van der Waals surface area (Å²) >= 11 is 1.50. The molecule has 1 fully saturated rings. The van der Waals surface area contributed by atoms with Gasteiger partial charge in [-0.15, -0.1) is 0 Å². The fourth-order valence-electron chi connectivity index (χ4n) is 2.92. The molecule has 0 bridgehead atoms. The predicted octanol–water partition coefficient (Wildman–Crippen LogP) is 2.62. The van der Waals surface area contributed by atoms with E-state index in [0.717, 1.165) is 41.3 Å². The Balaban J connectivity index is 1.38. The fourth-order valence-corrected chi connectivity index (χ4v) is 3.96. The molecule has 1 saturated heterocycles. The molecule has 25 heavy (non-hydrogen) atoms. The number of rotatable bonds is 3. The normalized spacial score (nSPS) is 15.5. The number of halogens is 1. The van der Waals surface area contributed by atoms with Crippen molar-refractivity contribution in [2.24, 2.45) is 0 Å². The van der Waals surface area contributed by atoms with E-state index in [1.165, 1.54) is 29.8 Å². The van der Waals surface area contributed by atoms with E-state index < -0.39 is 0 Å². The topological polar surface area (TPSA) is 71.0 Å². The lowest BCUT2D eigenvalue weighted by molar-refractivity contribution is 0.0926. The number of aromatic nitrogens is 3. The molecule has 1 N–H and O–H groups in total. The molecule has 2 aromatic heterocycles. The van der Waals surface area contributed by atoms with Gasteiger partial charge in [0.05, 0.1) is 10.2 Å². The lowest BCUT2D eigenvalue weighted by Crippen LogP contribution is -2.44. The van der Waals surface area contributed by atoms with Gasteiger partial charge in [-0.1, -0.05) is 11.3 Å². The molecule has 3 heterocycles. The summed E-state index contributed by atoms with van der Waals surface area (Å²) in [6.07, 6.45) is 4.59. The van der Waals surface area contributed by atoms with Gasteiger partial charge in [0.1, 0.15) is 17.8 Å². The Morgan fingerprint density at radius 3 is 2.88 bits per heavy atom. The maximum absolute atomic E-state index is 13.3. The van der Waals surface area contributed by atoms with Gasteiger partial charge in [0.2, 0.25) is 0 Å². The lowest BCUT2D eigenvalue weighted by Gasteiger charge is -2.32. The second-order valence-corrected chi connectivity index (χ2v) is 6.95. The first-order chi connectivity index (χ1) is 12.2. The number of benzene rings is 1. The molecule has 128 valence electrons. The Kier molecular flexibility index (Phi) is 4.27. The molecule has 0 saturated carbocycles. The zero-order valence-corrected chi connectivity index (χ0v) is 14.2. The third-order valence-electron chi connectivity index (χ3n) is 4.25. The molecule has 8 heteroatoms. The Bertz CT molecular complexity index is 892. The third-order valence-corrected chi connectivity index (χ3v) is 5.33. The van der Waals surface area contributed by atoms with Gasteiger partial charge in [-0.3, -0.25) is 4.79 Å². The fraction of sp³-hybridized carbons (Fsp3) is 0.294. The summed E-state index contributed by atoms with van der Waals surface area (Å²) in [7, 11) is 0. The first kappa shape index (κ1) is 15.9. The van der Waals surface area contributed by atoms with Crippen molar-refractivity contribution in [1.29, 1.82) is 0 Å². The maximum Gasteiger partial charge on any atom is 0.270 e. The second-order valence-electron chi connectivity index (χ2n) is 5.94. The molecule has 1 aromatic carbocycles. The van der Waals surface area contributed by atoms with Crippen molar-refractivity contribution < 1.29 is 9.18 Å². The quantitative estimate of drug-likeness (QED) is 0.780. The lowest BCUT2D eigenvalue weighted by atomic mass is 10.1. The minimum absolute atomic E-state index is 0.116. The summed E-state index contributed by atoms with van der Waals surface area (Å²) in [5.74, 6) is -0.412. The summed E-state index contributed by atoms with van der Waals surface area (Å²) in [5, 5.41) is 3.92. The number of thiazole rings is 1. The molecule has 0 radical (unpaired) electrons. The summed E-state index contributed by atoms with van der Waals surface area (Å²) in [6.45, 7) is 1.61. The smallest absolute Gasteiger partial charge is 0.270 e. The van der Waals surface area contributed by atoms with Gasteiger partial charge in [0, 0.05) is 25.3 Å². The van der Waals surface area contributed by atoms with Gasteiger partial charge in [0.15, 0.2) is 5.13 Å². The van der Waals surface area contributed by atoms with E-state index in [9.17, 15) is 9.18 Å². The molecule has 0 aliphatic carbocycles. The highest BCUT2D eigenvalue weighted by Crippen LogP contribution is 2.30. The summed E-state index contributed by atoms with van der Waals surface area (Å²) in [5.41, 5.74) is 1.20. The SMILES string of the molecule is O=C(NC1CCN(c2nc3ccc(F)cc3s2)CC1)c1ccncn1. The molecule has 0 atom stereocenters. The predicted molar refractivity (Wildman–Crippen MR) is 94.3 cm³/mol. The van der Waals surface area contributed by atoms with E-state index in [0.29, 0.717) is 5.69 Å². The average molecular weight is 357 g/mol. The number of anilines is 1. The van der Waals surface area contributed by atoms with Gasteiger partial charge < -0.3 is 10.2 Å². The number of piperidine rings is 1. The van der Waals surface area contributed by atoms with Crippen LogP contribution in [0.5, 0.6) is 0 Å². The summed E-state index contributed by atoms with van der Waals surface area (Å²) in [6, 6.07) is 6.38. The molecule has 0 spiro atoms. The van der Waals surface area contributed by atoms with Crippen LogP contribution in [0.1, 0.15) is 23.3 Å². The first-order valence-electron chi connectivity index (χ1n) is 8.07. The van der Waals surface area contributed by atoms with E-state index in [4.69, 9.17) is 0 Å². The Morgan fingerprint density at radius 1 is 1.28 bits per heavy atom. The number of nitrogens with one attached hydrogen (secondary N) is 1. The molecule has 0 unspecified atom stereocenters. The highest BCUT2D eigenvalue weighted by Gasteiger charge is 2.23. The Hall–Kier alpha value is -2.61. The third kappa shape index (κ3) is 3.43. The minimum Gasteiger partial charge on any atom is -0.348 e. The van der Waals surface area contributed by atoms with Crippen LogP contribution in [0.15, 0.2) is 36.8 Å². The molecule has 4 rings (SSSR count). The van der Waals surface area contributed by atoms with Crippen LogP contribution >= 0.6 is 11.3 Å². The van der Waals surface area contributed by atoms with Crippen LogP contribution in [0, 0.1) is 5.82 Å². The number of carbonyl (C=O) groups excluding carboxylic acids is 1. The van der Waals surface area contributed by atoms with E-state index in [1.54, 1.807) is 18.3 Å². The first-order valence-corrected chi connectivity index (χ1v) is 8.88. The molecule has 1 amide bonds. The van der Waals surface area contributed by atoms with Crippen LogP contribution in [0.2, 0.25) is 0 Å². The van der Waals surface area contributed by atoms with Crippen LogP contribution < -0.4 is 10.2 Å². The van der Waals surface area contributed by atoms with E-state index >= 15 is 0 Å². The monoisotopic (exact) mass is 357 g/mol. The van der Waals surface area contributed by atoms with Gasteiger partial charge >= 0.3 is 0 Å². The number of hydrogen-bond donors (Lipinski definition) is 1. The van der Waals surface area contributed by atoms with E-state index in [1.807, 2.05) is 0 Å². The highest BCUT2D eigenvalue weighted by molar-refractivity contribution is 7.22. The van der Waals surface area contributed by atoms with Crippen molar-refractivity contribution in [2.45, 2.75) is 18.9 Å². The highest BCUT2D eigenvalue weighted by atomic mass is 32.1. The molecule has 6 nitrogen and oxygen atoms in total.